The first-order valence-electron chi connectivity index (χ1n) is 4.79. The molecule has 1 aromatic carbocycles. The second kappa shape index (κ2) is 4.68. The minimum absolute atomic E-state index is 0.266. The summed E-state index contributed by atoms with van der Waals surface area (Å²) in [5, 5.41) is 3.19. The molecule has 0 aliphatic heterocycles. The maximum atomic E-state index is 11.0. The number of primary amides is 1. The van der Waals surface area contributed by atoms with Gasteiger partial charge in [0.25, 0.3) is 0 Å². The highest BCUT2D eigenvalue weighted by Gasteiger charge is 2.08. The summed E-state index contributed by atoms with van der Waals surface area (Å²) in [6.07, 6.45) is 0. The summed E-state index contributed by atoms with van der Waals surface area (Å²) in [4.78, 5) is 11.0. The molecule has 3 N–H and O–H groups in total. The molecule has 0 spiro atoms. The minimum atomic E-state index is -0.440. The molecule has 0 atom stereocenters. The number of rotatable bonds is 4. The van der Waals surface area contributed by atoms with Crippen molar-refractivity contribution in [2.45, 2.75) is 19.9 Å². The van der Waals surface area contributed by atoms with E-state index in [-0.39, 0.29) is 6.04 Å². The highest BCUT2D eigenvalue weighted by Crippen LogP contribution is 2.25. The molecule has 0 unspecified atom stereocenters. The van der Waals surface area contributed by atoms with Crippen molar-refractivity contribution in [3.05, 3.63) is 23.8 Å². The molecule has 15 heavy (non-hydrogen) atoms. The first-order valence-corrected chi connectivity index (χ1v) is 4.79. The Morgan fingerprint density at radius 2 is 2.13 bits per heavy atom. The lowest BCUT2D eigenvalue weighted by atomic mass is 10.1. The van der Waals surface area contributed by atoms with Gasteiger partial charge < -0.3 is 15.8 Å². The van der Waals surface area contributed by atoms with E-state index in [2.05, 4.69) is 5.32 Å². The summed E-state index contributed by atoms with van der Waals surface area (Å²) in [6, 6.07) is 5.33. The van der Waals surface area contributed by atoms with Gasteiger partial charge in [0.2, 0.25) is 5.91 Å². The van der Waals surface area contributed by atoms with Crippen molar-refractivity contribution in [1.29, 1.82) is 0 Å². The fourth-order valence-electron chi connectivity index (χ4n) is 1.29. The summed E-state index contributed by atoms with van der Waals surface area (Å²) in [5.41, 5.74) is 6.45. The molecule has 0 aromatic heterocycles. The zero-order valence-corrected chi connectivity index (χ0v) is 9.20. The van der Waals surface area contributed by atoms with Crippen LogP contribution in [0.2, 0.25) is 0 Å². The van der Waals surface area contributed by atoms with Crippen molar-refractivity contribution in [3.63, 3.8) is 0 Å². The predicted molar refractivity (Wildman–Crippen MR) is 60.3 cm³/mol. The Balaban J connectivity index is 3.07. The van der Waals surface area contributed by atoms with Crippen LogP contribution in [0.3, 0.4) is 0 Å². The fraction of sp³-hybridized carbons (Fsp3) is 0.364. The Kier molecular flexibility index (Phi) is 3.55. The van der Waals surface area contributed by atoms with Gasteiger partial charge in [-0.3, -0.25) is 4.79 Å². The maximum Gasteiger partial charge on any atom is 0.248 e. The Bertz CT molecular complexity index is 362. The third-order valence-electron chi connectivity index (χ3n) is 1.93. The quantitative estimate of drug-likeness (QED) is 0.790. The van der Waals surface area contributed by atoms with Crippen LogP contribution >= 0.6 is 0 Å². The monoisotopic (exact) mass is 208 g/mol. The molecule has 1 rings (SSSR count). The van der Waals surface area contributed by atoms with Gasteiger partial charge in [0.05, 0.1) is 12.8 Å². The lowest BCUT2D eigenvalue weighted by Crippen LogP contribution is -2.14. The standard InChI is InChI=1S/C11H16N2O2/c1-7(2)13-9-6-8(11(12)14)4-5-10(9)15-3/h4-7,13H,1-3H3,(H2,12,14). The van der Waals surface area contributed by atoms with Crippen LogP contribution in [-0.2, 0) is 0 Å². The van der Waals surface area contributed by atoms with Gasteiger partial charge in [-0.1, -0.05) is 0 Å². The number of nitrogens with two attached hydrogens (primary N) is 1. The average molecular weight is 208 g/mol. The Morgan fingerprint density at radius 1 is 1.47 bits per heavy atom. The molecule has 0 saturated carbocycles. The van der Waals surface area contributed by atoms with E-state index in [4.69, 9.17) is 10.5 Å². The number of methoxy groups -OCH3 is 1. The number of anilines is 1. The van der Waals surface area contributed by atoms with Crippen molar-refractivity contribution >= 4 is 11.6 Å². The first kappa shape index (κ1) is 11.4. The van der Waals surface area contributed by atoms with Crippen LogP contribution in [0.15, 0.2) is 18.2 Å². The van der Waals surface area contributed by atoms with Crippen molar-refractivity contribution < 1.29 is 9.53 Å². The van der Waals surface area contributed by atoms with E-state index in [0.717, 1.165) is 5.69 Å². The van der Waals surface area contributed by atoms with Crippen LogP contribution in [0.1, 0.15) is 24.2 Å². The van der Waals surface area contributed by atoms with Crippen molar-refractivity contribution in [1.82, 2.24) is 0 Å². The third-order valence-corrected chi connectivity index (χ3v) is 1.93. The summed E-state index contributed by atoms with van der Waals surface area (Å²) < 4.78 is 5.17. The summed E-state index contributed by atoms with van der Waals surface area (Å²) in [6.45, 7) is 4.02. The van der Waals surface area contributed by atoms with Crippen molar-refractivity contribution in [3.8, 4) is 5.75 Å². The fourth-order valence-corrected chi connectivity index (χ4v) is 1.29. The number of carbonyl (C=O) groups excluding carboxylic acids is 1. The molecule has 0 saturated heterocycles. The molecule has 82 valence electrons. The van der Waals surface area contributed by atoms with E-state index in [0.29, 0.717) is 11.3 Å². The molecule has 0 heterocycles. The zero-order valence-electron chi connectivity index (χ0n) is 9.20. The van der Waals surface area contributed by atoms with Crippen LogP contribution in [-0.4, -0.2) is 19.1 Å². The molecule has 1 aromatic rings. The topological polar surface area (TPSA) is 64.3 Å². The summed E-state index contributed by atoms with van der Waals surface area (Å²) in [7, 11) is 1.59. The number of hydrogen-bond acceptors (Lipinski definition) is 3. The van der Waals surface area contributed by atoms with Gasteiger partial charge in [0.1, 0.15) is 5.75 Å². The third kappa shape index (κ3) is 2.87. The maximum absolute atomic E-state index is 11.0. The SMILES string of the molecule is COc1ccc(C(N)=O)cc1NC(C)C. The smallest absolute Gasteiger partial charge is 0.248 e. The van der Waals surface area contributed by atoms with Crippen LogP contribution in [0, 0.1) is 0 Å². The van der Waals surface area contributed by atoms with Gasteiger partial charge >= 0.3 is 0 Å². The van der Waals surface area contributed by atoms with Crippen LogP contribution in [0.5, 0.6) is 5.75 Å². The number of ether oxygens (including phenoxy) is 1. The Hall–Kier alpha value is -1.71. The average Bonchev–Trinajstić information content (AvgIpc) is 2.16. The molecular weight excluding hydrogens is 192 g/mol. The number of carbonyl (C=O) groups is 1. The Labute approximate surface area is 89.4 Å². The predicted octanol–water partition coefficient (Wildman–Crippen LogP) is 1.61. The molecule has 4 nitrogen and oxygen atoms in total. The van der Waals surface area contributed by atoms with Crippen LogP contribution < -0.4 is 15.8 Å². The van der Waals surface area contributed by atoms with Crippen molar-refractivity contribution in [2.75, 3.05) is 12.4 Å². The highest BCUT2D eigenvalue weighted by molar-refractivity contribution is 5.94. The molecule has 1 amide bonds. The Morgan fingerprint density at radius 3 is 2.60 bits per heavy atom. The summed E-state index contributed by atoms with van der Waals surface area (Å²) in [5.74, 6) is 0.262. The van der Waals surface area contributed by atoms with E-state index in [1.165, 1.54) is 0 Å². The molecule has 0 radical (unpaired) electrons. The number of benzene rings is 1. The van der Waals surface area contributed by atoms with Gasteiger partial charge in [-0.25, -0.2) is 0 Å². The normalized spacial score (nSPS) is 10.1. The number of nitrogens with one attached hydrogen (secondary N) is 1. The lowest BCUT2D eigenvalue weighted by molar-refractivity contribution is 0.100. The van der Waals surface area contributed by atoms with Crippen molar-refractivity contribution in [2.24, 2.45) is 5.73 Å². The summed E-state index contributed by atoms with van der Waals surface area (Å²) >= 11 is 0. The van der Waals surface area contributed by atoms with E-state index in [1.54, 1.807) is 25.3 Å². The molecule has 0 fully saturated rings. The van der Waals surface area contributed by atoms with Gasteiger partial charge in [0, 0.05) is 11.6 Å². The first-order chi connectivity index (χ1) is 7.04. The largest absolute Gasteiger partial charge is 0.495 e. The molecule has 0 bridgehead atoms. The number of hydrogen-bond donors (Lipinski definition) is 2. The highest BCUT2D eigenvalue weighted by atomic mass is 16.5. The van der Waals surface area contributed by atoms with Crippen LogP contribution in [0.4, 0.5) is 5.69 Å². The minimum Gasteiger partial charge on any atom is -0.495 e. The molecule has 4 heteroatoms. The zero-order chi connectivity index (χ0) is 11.4. The van der Waals surface area contributed by atoms with E-state index in [1.807, 2.05) is 13.8 Å². The number of amides is 1. The lowest BCUT2D eigenvalue weighted by Gasteiger charge is -2.14. The molecular formula is C11H16N2O2. The van der Waals surface area contributed by atoms with Gasteiger partial charge in [-0.05, 0) is 32.0 Å². The van der Waals surface area contributed by atoms with Gasteiger partial charge in [-0.2, -0.15) is 0 Å². The van der Waals surface area contributed by atoms with Gasteiger partial charge in [0.15, 0.2) is 0 Å². The van der Waals surface area contributed by atoms with E-state index >= 15 is 0 Å². The van der Waals surface area contributed by atoms with E-state index in [9.17, 15) is 4.79 Å². The second-order valence-corrected chi connectivity index (χ2v) is 3.58. The van der Waals surface area contributed by atoms with Gasteiger partial charge in [-0.15, -0.1) is 0 Å². The molecule has 0 aliphatic rings. The molecule has 0 aliphatic carbocycles. The van der Waals surface area contributed by atoms with E-state index < -0.39 is 5.91 Å². The second-order valence-electron chi connectivity index (χ2n) is 3.58. The van der Waals surface area contributed by atoms with Crippen LogP contribution in [0.25, 0.3) is 0 Å².